The number of allylic oxidation sites excluding steroid dienone is 8. The Morgan fingerprint density at radius 3 is 1.31 bits per heavy atom. The van der Waals surface area contributed by atoms with E-state index in [1.807, 2.05) is 53.4 Å². The van der Waals surface area contributed by atoms with Gasteiger partial charge in [0.05, 0.1) is 0 Å². The van der Waals surface area contributed by atoms with Crippen molar-refractivity contribution in [3.05, 3.63) is 116 Å². The lowest BCUT2D eigenvalue weighted by molar-refractivity contribution is -0.362. The fourth-order valence-corrected chi connectivity index (χ4v) is 17.7. The molecule has 1 amide bonds. The van der Waals surface area contributed by atoms with Gasteiger partial charge < -0.3 is 20.4 Å². The highest BCUT2D eigenvalue weighted by Crippen LogP contribution is 2.72. The summed E-state index contributed by atoms with van der Waals surface area (Å²) in [6, 6.07) is 15.9. The van der Waals surface area contributed by atoms with Crippen molar-refractivity contribution in [2.24, 2.45) is 34.5 Å². The third-order valence-corrected chi connectivity index (χ3v) is 22.1. The molecule has 0 radical (unpaired) electrons. The lowest BCUT2D eigenvalue weighted by Gasteiger charge is -2.56. The minimum absolute atomic E-state index is 0.00748. The standard InChI is InChI=1S/C33H39F5N2O3.C31H37F5N2O2/c1-20(41)40-15-13-39(14-16-40)19-21-3-5-22(6-4-21)27-18-30(2)28(11-12-31(30,43)32(34,35)33(36,37)38)26-9-7-23-17-24(42)8-10-25(23)29(26)27;1-28-17-25(20-4-2-19(3-5-20)18-38-14-12-37-13-15-38)27-23-9-7-22(39)16-21(23)6-8-24(27)26(28)10-11-29(28,40)30(32,33)31(34,35)36/h3-6,17,26-28,43H,7-16,18-19H2,1-2H3;2-5,16,24-26,37,40H,6-15,17-18H2,1H3/t26?,27-,28?,30+,31+;24?,25-,26?,28+,29+/m11/s1. The van der Waals surface area contributed by atoms with Crippen molar-refractivity contribution in [1.29, 1.82) is 0 Å². The number of alkyl halides is 10. The van der Waals surface area contributed by atoms with Crippen LogP contribution in [-0.4, -0.2) is 130 Å². The molecular weight excluding hydrogens is 1090 g/mol. The Hall–Kier alpha value is -4.69. The number of carbonyl (C=O) groups excluding carboxylic acids is 3. The van der Waals surface area contributed by atoms with E-state index in [1.54, 1.807) is 19.1 Å². The van der Waals surface area contributed by atoms with Crippen LogP contribution in [0.3, 0.4) is 0 Å². The monoisotopic (exact) mass is 1170 g/mol. The number of nitrogens with one attached hydrogen (secondary N) is 1. The summed E-state index contributed by atoms with van der Waals surface area (Å²) in [5.74, 6) is -12.6. The van der Waals surface area contributed by atoms with Gasteiger partial charge >= 0.3 is 24.2 Å². The Morgan fingerprint density at radius 2 is 0.940 bits per heavy atom. The first-order chi connectivity index (χ1) is 39.0. The molecule has 2 aliphatic heterocycles. The van der Waals surface area contributed by atoms with Crippen molar-refractivity contribution in [3.63, 3.8) is 0 Å². The van der Waals surface area contributed by atoms with Crippen LogP contribution in [0.1, 0.15) is 145 Å². The van der Waals surface area contributed by atoms with E-state index in [9.17, 15) is 50.9 Å². The van der Waals surface area contributed by atoms with Crippen LogP contribution in [0.2, 0.25) is 0 Å². The number of halogens is 10. The number of fused-ring (bicyclic) bond motifs is 8. The molecule has 0 bridgehead atoms. The molecule has 2 saturated heterocycles. The number of piperazine rings is 2. The number of ketones is 2. The molecule has 2 heterocycles. The average Bonchev–Trinajstić information content (AvgIpc) is 1.65. The van der Waals surface area contributed by atoms with Crippen molar-refractivity contribution < 1.29 is 68.5 Å². The molecule has 6 fully saturated rings. The summed E-state index contributed by atoms with van der Waals surface area (Å²) < 4.78 is 143. The third-order valence-electron chi connectivity index (χ3n) is 22.1. The highest BCUT2D eigenvalue weighted by molar-refractivity contribution is 5.93. The van der Waals surface area contributed by atoms with Gasteiger partial charge in [0.2, 0.25) is 5.91 Å². The van der Waals surface area contributed by atoms with Gasteiger partial charge in [-0.05, 0) is 157 Å². The topological polar surface area (TPSA) is 113 Å². The Kier molecular flexibility index (Phi) is 15.6. The van der Waals surface area contributed by atoms with Gasteiger partial charge in [-0.15, -0.1) is 0 Å². The number of benzene rings is 2. The fraction of sp³-hybridized carbons (Fsp3) is 0.641. The Morgan fingerprint density at radius 1 is 0.554 bits per heavy atom. The van der Waals surface area contributed by atoms with E-state index in [-0.39, 0.29) is 55.0 Å². The van der Waals surface area contributed by atoms with E-state index in [2.05, 4.69) is 15.1 Å². The first-order valence-electron chi connectivity index (χ1n) is 29.9. The number of nitrogens with zero attached hydrogens (tertiary/aromatic N) is 3. The van der Waals surface area contributed by atoms with Crippen LogP contribution < -0.4 is 5.32 Å². The van der Waals surface area contributed by atoms with Crippen LogP contribution in [-0.2, 0) is 27.5 Å². The third kappa shape index (κ3) is 10.0. The summed E-state index contributed by atoms with van der Waals surface area (Å²) >= 11 is 0. The fourth-order valence-electron chi connectivity index (χ4n) is 17.7. The molecule has 8 aliphatic carbocycles. The van der Waals surface area contributed by atoms with Crippen molar-refractivity contribution in [2.75, 3.05) is 52.4 Å². The van der Waals surface area contributed by atoms with Gasteiger partial charge in [-0.3, -0.25) is 24.2 Å². The van der Waals surface area contributed by atoms with Gasteiger partial charge in [-0.1, -0.05) is 73.5 Å². The molecule has 0 aromatic heterocycles. The van der Waals surface area contributed by atoms with Gasteiger partial charge in [-0.2, -0.15) is 43.9 Å². The predicted molar refractivity (Wildman–Crippen MR) is 291 cm³/mol. The molecule has 3 N–H and O–H groups in total. The summed E-state index contributed by atoms with van der Waals surface area (Å²) in [5, 5.41) is 26.2. The van der Waals surface area contributed by atoms with Gasteiger partial charge in [-0.25, -0.2) is 0 Å². The molecule has 83 heavy (non-hydrogen) atoms. The van der Waals surface area contributed by atoms with Gasteiger partial charge in [0.15, 0.2) is 11.6 Å². The molecule has 10 aliphatic rings. The first-order valence-corrected chi connectivity index (χ1v) is 29.9. The molecule has 2 aromatic carbocycles. The molecular formula is C64H76F10N4O5. The largest absolute Gasteiger partial charge is 0.456 e. The number of rotatable bonds is 8. The molecule has 19 heteroatoms. The maximum atomic E-state index is 15.2. The Balaban J connectivity index is 0.000000174. The molecule has 4 unspecified atom stereocenters. The lowest BCUT2D eigenvalue weighted by Crippen LogP contribution is -2.65. The number of carbonyl (C=O) groups is 3. The van der Waals surface area contributed by atoms with Crippen LogP contribution in [0.25, 0.3) is 0 Å². The first kappa shape index (κ1) is 60.0. The average molecular weight is 1170 g/mol. The zero-order chi connectivity index (χ0) is 59.5. The number of aliphatic hydroxyl groups is 2. The summed E-state index contributed by atoms with van der Waals surface area (Å²) in [7, 11) is 0. The highest BCUT2D eigenvalue weighted by atomic mass is 19.4. The van der Waals surface area contributed by atoms with Gasteiger partial charge in [0.25, 0.3) is 0 Å². The lowest BCUT2D eigenvalue weighted by atomic mass is 9.50. The quantitative estimate of drug-likeness (QED) is 0.224. The smallest absolute Gasteiger partial charge is 0.383 e. The zero-order valence-corrected chi connectivity index (χ0v) is 47.4. The minimum Gasteiger partial charge on any atom is -0.383 e. The normalized spacial score (nSPS) is 34.4. The highest BCUT2D eigenvalue weighted by Gasteiger charge is 2.80. The Labute approximate surface area is 478 Å². The number of hydrogen-bond acceptors (Lipinski definition) is 8. The van der Waals surface area contributed by atoms with Gasteiger partial charge in [0.1, 0.15) is 11.2 Å². The molecule has 2 aromatic rings. The summed E-state index contributed by atoms with van der Waals surface area (Å²) in [6.45, 7) is 12.5. The van der Waals surface area contributed by atoms with E-state index in [0.29, 0.717) is 71.0 Å². The van der Waals surface area contributed by atoms with E-state index >= 15 is 17.6 Å². The van der Waals surface area contributed by atoms with Crippen molar-refractivity contribution >= 4 is 17.5 Å². The van der Waals surface area contributed by atoms with Crippen molar-refractivity contribution in [1.82, 2.24) is 20.0 Å². The van der Waals surface area contributed by atoms with Crippen molar-refractivity contribution in [3.8, 4) is 0 Å². The summed E-state index contributed by atoms with van der Waals surface area (Å²) in [6.07, 6.45) is -5.13. The van der Waals surface area contributed by atoms with Gasteiger partial charge in [0, 0.05) is 108 Å². The maximum absolute atomic E-state index is 15.2. The van der Waals surface area contributed by atoms with Crippen LogP contribution in [0.4, 0.5) is 43.9 Å². The number of amides is 1. The molecule has 4 saturated carbocycles. The van der Waals surface area contributed by atoms with Crippen LogP contribution in [0, 0.1) is 34.5 Å². The van der Waals surface area contributed by atoms with E-state index < -0.39 is 82.7 Å². The molecule has 10 atom stereocenters. The summed E-state index contributed by atoms with van der Waals surface area (Å²) in [4.78, 5) is 42.6. The predicted octanol–water partition coefficient (Wildman–Crippen LogP) is 12.1. The molecule has 12 rings (SSSR count). The van der Waals surface area contributed by atoms with E-state index in [4.69, 9.17) is 0 Å². The maximum Gasteiger partial charge on any atom is 0.456 e. The second-order valence-electron chi connectivity index (χ2n) is 26.2. The van der Waals surface area contributed by atoms with Crippen molar-refractivity contribution in [2.45, 2.75) is 171 Å². The SMILES string of the molecule is CC(=O)N1CCN(Cc2ccc([C@H]3C[C@@]4(C)C(CC[C@@]4(O)C(F)(F)C(F)(F)F)C4CCC5=CC(=O)CCC5=C43)cc2)CC1.C[C@]12C[C@H](c3ccc(CN4CCNCC4)cc3)C3=C4CCC(=O)C=C4CCC3C1CC[C@@]2(O)C(F)(F)C(F)(F)F. The minimum atomic E-state index is -5.86. The second kappa shape index (κ2) is 21.6. The van der Waals surface area contributed by atoms with Crippen LogP contribution in [0.5, 0.6) is 0 Å². The van der Waals surface area contributed by atoms with Crippen LogP contribution in [0.15, 0.2) is 94.1 Å². The summed E-state index contributed by atoms with van der Waals surface area (Å²) in [5.41, 5.74) is 0.460. The second-order valence-corrected chi connectivity index (χ2v) is 26.2. The van der Waals surface area contributed by atoms with E-state index in [0.717, 1.165) is 102 Å². The van der Waals surface area contributed by atoms with E-state index in [1.165, 1.54) is 13.8 Å². The molecule has 9 nitrogen and oxygen atoms in total. The number of hydrogen-bond donors (Lipinski definition) is 3. The molecule has 0 spiro atoms. The van der Waals surface area contributed by atoms with Crippen LogP contribution >= 0.6 is 0 Å². The zero-order valence-electron chi connectivity index (χ0n) is 47.4. The molecule has 452 valence electrons. The Bertz CT molecular complexity index is 2990.